The molecule has 9 nitrogen and oxygen atoms in total. The van der Waals surface area contributed by atoms with Crippen LogP contribution in [0.3, 0.4) is 0 Å². The summed E-state index contributed by atoms with van der Waals surface area (Å²) in [5, 5.41) is 4.01. The summed E-state index contributed by atoms with van der Waals surface area (Å²) in [6, 6.07) is -0.385. The van der Waals surface area contributed by atoms with Crippen LogP contribution >= 0.6 is 0 Å². The van der Waals surface area contributed by atoms with Crippen LogP contribution in [0.25, 0.3) is 11.2 Å². The van der Waals surface area contributed by atoms with Gasteiger partial charge in [-0.05, 0) is 6.92 Å². The first-order valence-electron chi connectivity index (χ1n) is 7.59. The van der Waals surface area contributed by atoms with E-state index in [-0.39, 0.29) is 11.5 Å². The standard InChI is InChI=1S/C15H20N6O3/c1-8(11-17-13(18-24-11)15(2,3)4)21-7-16-10-9(21)12(22)20(6)14(23)19(10)5/h7-8H,1-6H3. The van der Waals surface area contributed by atoms with E-state index in [4.69, 9.17) is 4.52 Å². The fourth-order valence-corrected chi connectivity index (χ4v) is 2.49. The molecular formula is C15H20N6O3. The molecule has 0 aliphatic carbocycles. The molecule has 3 heterocycles. The highest BCUT2D eigenvalue weighted by Crippen LogP contribution is 2.24. The smallest absolute Gasteiger partial charge is 0.332 e. The van der Waals surface area contributed by atoms with Crippen LogP contribution in [-0.2, 0) is 19.5 Å². The van der Waals surface area contributed by atoms with E-state index in [1.165, 1.54) is 17.9 Å². The van der Waals surface area contributed by atoms with Crippen LogP contribution in [0.4, 0.5) is 0 Å². The molecule has 0 aliphatic heterocycles. The van der Waals surface area contributed by atoms with Gasteiger partial charge in [0.25, 0.3) is 5.56 Å². The molecule has 3 aromatic heterocycles. The highest BCUT2D eigenvalue weighted by molar-refractivity contribution is 5.70. The fourth-order valence-electron chi connectivity index (χ4n) is 2.49. The molecule has 24 heavy (non-hydrogen) atoms. The maximum atomic E-state index is 12.5. The molecule has 3 rings (SSSR count). The van der Waals surface area contributed by atoms with Gasteiger partial charge < -0.3 is 9.09 Å². The van der Waals surface area contributed by atoms with Gasteiger partial charge in [-0.25, -0.2) is 9.78 Å². The Labute approximate surface area is 137 Å². The van der Waals surface area contributed by atoms with E-state index in [9.17, 15) is 9.59 Å². The SMILES string of the molecule is CC(c1nc(C(C)(C)C)no1)n1cnc2c1c(=O)n(C)c(=O)n2C. The van der Waals surface area contributed by atoms with Crippen molar-refractivity contribution in [1.29, 1.82) is 0 Å². The van der Waals surface area contributed by atoms with Crippen molar-refractivity contribution in [2.24, 2.45) is 14.1 Å². The predicted molar refractivity (Wildman–Crippen MR) is 87.0 cm³/mol. The first-order valence-corrected chi connectivity index (χ1v) is 7.59. The molecule has 1 atom stereocenters. The van der Waals surface area contributed by atoms with E-state index in [1.54, 1.807) is 11.6 Å². The Morgan fingerprint density at radius 1 is 1.17 bits per heavy atom. The van der Waals surface area contributed by atoms with Crippen LogP contribution in [0.2, 0.25) is 0 Å². The molecule has 1 unspecified atom stereocenters. The molecular weight excluding hydrogens is 312 g/mol. The molecule has 128 valence electrons. The van der Waals surface area contributed by atoms with Crippen molar-refractivity contribution < 1.29 is 4.52 Å². The monoisotopic (exact) mass is 332 g/mol. The first kappa shape index (κ1) is 16.2. The number of aryl methyl sites for hydroxylation is 1. The number of imidazole rings is 1. The zero-order chi connectivity index (χ0) is 17.8. The molecule has 0 fully saturated rings. The lowest BCUT2D eigenvalue weighted by molar-refractivity contribution is 0.337. The highest BCUT2D eigenvalue weighted by Gasteiger charge is 2.25. The van der Waals surface area contributed by atoms with Gasteiger partial charge in [0.15, 0.2) is 17.0 Å². The summed E-state index contributed by atoms with van der Waals surface area (Å²) in [5.74, 6) is 0.976. The van der Waals surface area contributed by atoms with Gasteiger partial charge in [-0.15, -0.1) is 0 Å². The Hall–Kier alpha value is -2.71. The summed E-state index contributed by atoms with van der Waals surface area (Å²) < 4.78 is 9.41. The minimum atomic E-state index is -0.418. The Morgan fingerprint density at radius 2 is 1.83 bits per heavy atom. The summed E-state index contributed by atoms with van der Waals surface area (Å²) in [5.41, 5.74) is -0.419. The van der Waals surface area contributed by atoms with Crippen LogP contribution < -0.4 is 11.2 Å². The second kappa shape index (κ2) is 5.15. The molecule has 0 radical (unpaired) electrons. The van der Waals surface area contributed by atoms with Crippen LogP contribution in [0.15, 0.2) is 20.4 Å². The highest BCUT2D eigenvalue weighted by atomic mass is 16.5. The van der Waals surface area contributed by atoms with Gasteiger partial charge in [0.2, 0.25) is 5.89 Å². The normalized spacial score (nSPS) is 13.6. The summed E-state index contributed by atoms with van der Waals surface area (Å²) in [6.45, 7) is 7.81. The van der Waals surface area contributed by atoms with Crippen molar-refractivity contribution in [2.45, 2.75) is 39.2 Å². The topological polar surface area (TPSA) is 101 Å². The van der Waals surface area contributed by atoms with Gasteiger partial charge >= 0.3 is 5.69 Å². The lowest BCUT2D eigenvalue weighted by Crippen LogP contribution is -2.37. The molecule has 0 aliphatic rings. The van der Waals surface area contributed by atoms with Crippen LogP contribution in [0.5, 0.6) is 0 Å². The number of hydrogen-bond acceptors (Lipinski definition) is 6. The predicted octanol–water partition coefficient (Wildman–Crippen LogP) is 0.723. The van der Waals surface area contributed by atoms with E-state index >= 15 is 0 Å². The molecule has 9 heteroatoms. The van der Waals surface area contributed by atoms with E-state index < -0.39 is 11.2 Å². The molecule has 0 bridgehead atoms. The Bertz CT molecular complexity index is 1030. The minimum Gasteiger partial charge on any atom is -0.337 e. The van der Waals surface area contributed by atoms with Gasteiger partial charge in [-0.3, -0.25) is 13.9 Å². The van der Waals surface area contributed by atoms with Crippen LogP contribution in [0, 0.1) is 0 Å². The molecule has 0 saturated carbocycles. The van der Waals surface area contributed by atoms with Gasteiger partial charge in [0.1, 0.15) is 6.04 Å². The van der Waals surface area contributed by atoms with Crippen molar-refractivity contribution in [3.05, 3.63) is 38.9 Å². The maximum absolute atomic E-state index is 12.5. The lowest BCUT2D eigenvalue weighted by Gasteiger charge is -2.12. The number of fused-ring (bicyclic) bond motifs is 1. The molecule has 0 spiro atoms. The summed E-state index contributed by atoms with van der Waals surface area (Å²) >= 11 is 0. The van der Waals surface area contributed by atoms with Crippen molar-refractivity contribution in [1.82, 2.24) is 28.8 Å². The molecule has 3 aromatic rings. The summed E-state index contributed by atoms with van der Waals surface area (Å²) in [7, 11) is 3.02. The van der Waals surface area contributed by atoms with Gasteiger partial charge in [-0.2, -0.15) is 4.98 Å². The molecule has 0 amide bonds. The van der Waals surface area contributed by atoms with E-state index in [0.29, 0.717) is 22.9 Å². The average Bonchev–Trinajstić information content (AvgIpc) is 3.16. The quantitative estimate of drug-likeness (QED) is 0.685. The Balaban J connectivity index is 2.18. The summed E-state index contributed by atoms with van der Waals surface area (Å²) in [6.07, 6.45) is 1.51. The minimum absolute atomic E-state index is 0.238. The number of hydrogen-bond donors (Lipinski definition) is 0. The van der Waals surface area contributed by atoms with E-state index in [2.05, 4.69) is 15.1 Å². The Morgan fingerprint density at radius 3 is 2.42 bits per heavy atom. The van der Waals surface area contributed by atoms with Gasteiger partial charge in [0, 0.05) is 19.5 Å². The Kier molecular flexibility index (Phi) is 3.47. The zero-order valence-corrected chi connectivity index (χ0v) is 14.6. The average molecular weight is 332 g/mol. The van der Waals surface area contributed by atoms with Gasteiger partial charge in [-0.1, -0.05) is 25.9 Å². The van der Waals surface area contributed by atoms with E-state index in [1.807, 2.05) is 27.7 Å². The van der Waals surface area contributed by atoms with Crippen molar-refractivity contribution in [3.63, 3.8) is 0 Å². The number of nitrogens with zero attached hydrogens (tertiary/aromatic N) is 6. The van der Waals surface area contributed by atoms with Crippen LogP contribution in [0.1, 0.15) is 45.5 Å². The van der Waals surface area contributed by atoms with Crippen molar-refractivity contribution >= 4 is 11.2 Å². The van der Waals surface area contributed by atoms with Crippen molar-refractivity contribution in [3.8, 4) is 0 Å². The third-order valence-corrected chi connectivity index (χ3v) is 4.06. The largest absolute Gasteiger partial charge is 0.337 e. The second-order valence-electron chi connectivity index (χ2n) is 6.91. The van der Waals surface area contributed by atoms with Gasteiger partial charge in [0.05, 0.1) is 6.33 Å². The number of aromatic nitrogens is 6. The third-order valence-electron chi connectivity index (χ3n) is 4.06. The summed E-state index contributed by atoms with van der Waals surface area (Å²) in [4.78, 5) is 33.1. The zero-order valence-electron chi connectivity index (χ0n) is 14.6. The fraction of sp³-hybridized carbons (Fsp3) is 0.533. The maximum Gasteiger partial charge on any atom is 0.332 e. The third kappa shape index (κ3) is 2.27. The van der Waals surface area contributed by atoms with Crippen molar-refractivity contribution in [2.75, 3.05) is 0 Å². The molecule has 0 aromatic carbocycles. The number of rotatable bonds is 2. The molecule has 0 saturated heterocycles. The van der Waals surface area contributed by atoms with E-state index in [0.717, 1.165) is 4.57 Å². The first-order chi connectivity index (χ1) is 11.1. The van der Waals surface area contributed by atoms with Crippen LogP contribution in [-0.4, -0.2) is 28.8 Å². The second-order valence-corrected chi connectivity index (χ2v) is 6.91. The lowest BCUT2D eigenvalue weighted by atomic mass is 9.96. The molecule has 0 N–H and O–H groups in total.